The summed E-state index contributed by atoms with van der Waals surface area (Å²) in [6, 6.07) is 0. The van der Waals surface area contributed by atoms with Crippen molar-refractivity contribution in [1.29, 1.82) is 0 Å². The molecule has 1 heterocycles. The Hall–Kier alpha value is -1.30. The Balaban J connectivity index is 2.49. The van der Waals surface area contributed by atoms with Gasteiger partial charge in [0.25, 0.3) is 0 Å². The topological polar surface area (TPSA) is 81.9 Å². The summed E-state index contributed by atoms with van der Waals surface area (Å²) in [6.07, 6.45) is -0.376. The van der Waals surface area contributed by atoms with Gasteiger partial charge in [-0.25, -0.2) is 4.79 Å². The van der Waals surface area contributed by atoms with Crippen LogP contribution in [0, 0.1) is 5.92 Å². The van der Waals surface area contributed by atoms with E-state index in [0.29, 0.717) is 13.1 Å². The molecule has 1 amide bonds. The van der Waals surface area contributed by atoms with Crippen molar-refractivity contribution in [3.63, 3.8) is 0 Å². The Labute approximate surface area is 107 Å². The highest BCUT2D eigenvalue weighted by Gasteiger charge is 2.47. The van der Waals surface area contributed by atoms with Crippen molar-refractivity contribution in [3.8, 4) is 0 Å². The van der Waals surface area contributed by atoms with Crippen LogP contribution in [0.3, 0.4) is 0 Å². The highest BCUT2D eigenvalue weighted by atomic mass is 16.6. The molecule has 18 heavy (non-hydrogen) atoms. The van der Waals surface area contributed by atoms with Gasteiger partial charge in [-0.1, -0.05) is 0 Å². The summed E-state index contributed by atoms with van der Waals surface area (Å²) in [7, 11) is 1.30. The third-order valence-electron chi connectivity index (χ3n) is 3.01. The molecule has 0 radical (unpaired) electrons. The quantitative estimate of drug-likeness (QED) is 0.739. The number of carbonyl (C=O) groups is 2. The molecule has 0 aromatic rings. The highest BCUT2D eigenvalue weighted by Crippen LogP contribution is 2.27. The van der Waals surface area contributed by atoms with E-state index in [-0.39, 0.29) is 12.0 Å². The Kier molecular flexibility index (Phi) is 3.90. The van der Waals surface area contributed by atoms with E-state index in [4.69, 9.17) is 10.5 Å². The Morgan fingerprint density at radius 2 is 1.72 bits per heavy atom. The van der Waals surface area contributed by atoms with Gasteiger partial charge in [-0.15, -0.1) is 0 Å². The number of nitrogens with zero attached hydrogens (tertiary/aromatic N) is 1. The maximum absolute atomic E-state index is 11.7. The Morgan fingerprint density at radius 1 is 1.22 bits per heavy atom. The zero-order valence-electron chi connectivity index (χ0n) is 11.6. The number of nitrogens with two attached hydrogens (primary N) is 1. The van der Waals surface area contributed by atoms with Crippen molar-refractivity contribution in [2.24, 2.45) is 11.7 Å². The largest absolute Gasteiger partial charge is 0.468 e. The van der Waals surface area contributed by atoms with Gasteiger partial charge in [0.1, 0.15) is 11.1 Å². The molecule has 1 aliphatic rings. The molecule has 0 aromatic carbocycles. The summed E-state index contributed by atoms with van der Waals surface area (Å²) in [6.45, 7) is 7.88. The molecule has 1 atom stereocenters. The Morgan fingerprint density at radius 3 is 2.11 bits per heavy atom. The van der Waals surface area contributed by atoms with Crippen LogP contribution in [-0.4, -0.2) is 48.3 Å². The molecule has 1 saturated heterocycles. The fourth-order valence-corrected chi connectivity index (χ4v) is 1.72. The first-order valence-corrected chi connectivity index (χ1v) is 5.93. The fraction of sp³-hybridized carbons (Fsp3) is 0.833. The molecule has 6 nitrogen and oxygen atoms in total. The van der Waals surface area contributed by atoms with Crippen molar-refractivity contribution in [3.05, 3.63) is 0 Å². The minimum atomic E-state index is -1.06. The van der Waals surface area contributed by atoms with E-state index >= 15 is 0 Å². The predicted molar refractivity (Wildman–Crippen MR) is 65.9 cm³/mol. The van der Waals surface area contributed by atoms with E-state index < -0.39 is 17.1 Å². The van der Waals surface area contributed by atoms with Crippen LogP contribution in [0.5, 0.6) is 0 Å². The van der Waals surface area contributed by atoms with Gasteiger partial charge in [0.2, 0.25) is 0 Å². The van der Waals surface area contributed by atoms with Gasteiger partial charge in [-0.3, -0.25) is 4.79 Å². The van der Waals surface area contributed by atoms with Gasteiger partial charge in [0.15, 0.2) is 0 Å². The normalized spacial score (nSPS) is 19.8. The number of methoxy groups -OCH3 is 1. The van der Waals surface area contributed by atoms with Crippen LogP contribution in [0.2, 0.25) is 0 Å². The number of carbonyl (C=O) groups excluding carboxylic acids is 2. The van der Waals surface area contributed by atoms with Crippen LogP contribution >= 0.6 is 0 Å². The second kappa shape index (κ2) is 4.76. The third kappa shape index (κ3) is 3.13. The van der Waals surface area contributed by atoms with E-state index in [1.165, 1.54) is 12.0 Å². The molecule has 0 bridgehead atoms. The molecule has 1 aliphatic heterocycles. The van der Waals surface area contributed by atoms with Crippen LogP contribution < -0.4 is 5.73 Å². The minimum absolute atomic E-state index is 0.0996. The molecule has 1 rings (SSSR count). The van der Waals surface area contributed by atoms with E-state index in [1.807, 2.05) is 20.8 Å². The number of rotatable bonds is 2. The van der Waals surface area contributed by atoms with Crippen molar-refractivity contribution in [1.82, 2.24) is 4.90 Å². The monoisotopic (exact) mass is 258 g/mol. The lowest BCUT2D eigenvalue weighted by molar-refractivity contribution is -0.151. The van der Waals surface area contributed by atoms with Crippen molar-refractivity contribution in [2.75, 3.05) is 20.2 Å². The fourth-order valence-electron chi connectivity index (χ4n) is 1.72. The summed E-state index contributed by atoms with van der Waals surface area (Å²) in [5, 5.41) is 0. The lowest BCUT2D eigenvalue weighted by Crippen LogP contribution is -2.65. The number of ether oxygens (including phenoxy) is 2. The molecule has 104 valence electrons. The van der Waals surface area contributed by atoms with Crippen LogP contribution in [0.25, 0.3) is 0 Å². The number of hydrogen-bond donors (Lipinski definition) is 1. The number of esters is 1. The van der Waals surface area contributed by atoms with Crippen LogP contribution in [-0.2, 0) is 14.3 Å². The highest BCUT2D eigenvalue weighted by molar-refractivity contribution is 5.81. The van der Waals surface area contributed by atoms with Gasteiger partial charge in [0.05, 0.1) is 7.11 Å². The number of likely N-dealkylation sites (tertiary alicyclic amines) is 1. The number of amides is 1. The first-order chi connectivity index (χ1) is 8.08. The third-order valence-corrected chi connectivity index (χ3v) is 3.01. The lowest BCUT2D eigenvalue weighted by Gasteiger charge is -2.45. The second-order valence-electron chi connectivity index (χ2n) is 5.86. The van der Waals surface area contributed by atoms with E-state index in [0.717, 1.165) is 0 Å². The zero-order valence-corrected chi connectivity index (χ0v) is 11.6. The smallest absolute Gasteiger partial charge is 0.410 e. The molecule has 0 aliphatic carbocycles. The van der Waals surface area contributed by atoms with Crippen LogP contribution in [0.15, 0.2) is 0 Å². The van der Waals surface area contributed by atoms with E-state index in [9.17, 15) is 9.59 Å². The molecule has 2 N–H and O–H groups in total. The number of hydrogen-bond acceptors (Lipinski definition) is 5. The predicted octanol–water partition coefficient (Wildman–Crippen LogP) is 0.744. The molecule has 1 unspecified atom stereocenters. The van der Waals surface area contributed by atoms with Gasteiger partial charge in [0, 0.05) is 19.0 Å². The summed E-state index contributed by atoms with van der Waals surface area (Å²) >= 11 is 0. The van der Waals surface area contributed by atoms with E-state index in [2.05, 4.69) is 4.74 Å². The summed E-state index contributed by atoms with van der Waals surface area (Å²) in [4.78, 5) is 24.7. The maximum atomic E-state index is 11.7. The lowest BCUT2D eigenvalue weighted by atomic mass is 9.81. The van der Waals surface area contributed by atoms with E-state index in [1.54, 1.807) is 6.92 Å². The average Bonchev–Trinajstić information content (AvgIpc) is 2.10. The van der Waals surface area contributed by atoms with Crippen LogP contribution in [0.1, 0.15) is 27.7 Å². The van der Waals surface area contributed by atoms with Gasteiger partial charge >= 0.3 is 12.1 Å². The van der Waals surface area contributed by atoms with Gasteiger partial charge < -0.3 is 20.1 Å². The molecule has 0 aromatic heterocycles. The molecular weight excluding hydrogens is 236 g/mol. The molecule has 6 heteroatoms. The summed E-state index contributed by atoms with van der Waals surface area (Å²) in [5.41, 5.74) is 4.33. The minimum Gasteiger partial charge on any atom is -0.468 e. The molecule has 0 spiro atoms. The van der Waals surface area contributed by atoms with Crippen molar-refractivity contribution in [2.45, 2.75) is 38.8 Å². The van der Waals surface area contributed by atoms with Crippen molar-refractivity contribution >= 4 is 12.1 Å². The first kappa shape index (κ1) is 14.8. The zero-order chi connectivity index (χ0) is 14.1. The maximum Gasteiger partial charge on any atom is 0.410 e. The SMILES string of the molecule is COC(=O)C(C)(N)C1CN(C(=O)OC(C)(C)C)C1. The Bertz CT molecular complexity index is 340. The van der Waals surface area contributed by atoms with Crippen molar-refractivity contribution < 1.29 is 19.1 Å². The van der Waals surface area contributed by atoms with Crippen LogP contribution in [0.4, 0.5) is 4.79 Å². The molecular formula is C12H22N2O4. The van der Waals surface area contributed by atoms with Gasteiger partial charge in [-0.2, -0.15) is 0 Å². The second-order valence-corrected chi connectivity index (χ2v) is 5.86. The standard InChI is InChI=1S/C12H22N2O4/c1-11(2,3)18-10(16)14-6-8(7-14)12(4,13)9(15)17-5/h8H,6-7,13H2,1-5H3. The average molecular weight is 258 g/mol. The summed E-state index contributed by atoms with van der Waals surface area (Å²) < 4.78 is 9.87. The molecule has 0 saturated carbocycles. The summed E-state index contributed by atoms with van der Waals surface area (Å²) in [5.74, 6) is -0.561. The van der Waals surface area contributed by atoms with Gasteiger partial charge in [-0.05, 0) is 27.7 Å². The molecule has 1 fully saturated rings. The first-order valence-electron chi connectivity index (χ1n) is 5.93.